The molecular weight excluding hydrogens is 274 g/mol. The molecule has 3 atom stereocenters. The second kappa shape index (κ2) is 6.79. The summed E-state index contributed by atoms with van der Waals surface area (Å²) in [5.41, 5.74) is 0.293. The predicted molar refractivity (Wildman–Crippen MR) is 71.2 cm³/mol. The van der Waals surface area contributed by atoms with Gasteiger partial charge in [0.05, 0.1) is 33.3 Å². The van der Waals surface area contributed by atoms with E-state index in [4.69, 9.17) is 5.11 Å². The SMILES string of the molecule is C=CC=C1/C(=C\C=C)S(=O)[C@@H](CO)CN1S(=O)[O-]. The minimum absolute atomic E-state index is 0.0205. The third kappa shape index (κ3) is 3.05. The Morgan fingerprint density at radius 3 is 2.56 bits per heavy atom. The molecule has 0 aromatic heterocycles. The highest BCUT2D eigenvalue weighted by Gasteiger charge is 2.33. The lowest BCUT2D eigenvalue weighted by Gasteiger charge is -2.37. The second-order valence-electron chi connectivity index (χ2n) is 3.43. The normalized spacial score (nSPS) is 30.4. The van der Waals surface area contributed by atoms with Crippen LogP contribution in [-0.2, 0) is 22.1 Å². The molecule has 1 saturated heterocycles. The van der Waals surface area contributed by atoms with Gasteiger partial charge in [-0.1, -0.05) is 25.3 Å². The van der Waals surface area contributed by atoms with Gasteiger partial charge in [0, 0.05) is 17.8 Å². The van der Waals surface area contributed by atoms with Gasteiger partial charge in [0.25, 0.3) is 0 Å². The number of aliphatic hydroxyl groups is 1. The summed E-state index contributed by atoms with van der Waals surface area (Å²) in [4.78, 5) is 0.319. The average molecular weight is 288 g/mol. The van der Waals surface area contributed by atoms with Crippen LogP contribution >= 0.6 is 0 Å². The van der Waals surface area contributed by atoms with Crippen molar-refractivity contribution in [3.05, 3.63) is 48.1 Å². The average Bonchev–Trinajstić information content (AvgIpc) is 2.34. The first-order valence-corrected chi connectivity index (χ1v) is 7.35. The highest BCUT2D eigenvalue weighted by Crippen LogP contribution is 2.29. The lowest BCUT2D eigenvalue weighted by Crippen LogP contribution is -2.43. The first-order valence-electron chi connectivity index (χ1n) is 5.11. The summed E-state index contributed by atoms with van der Waals surface area (Å²) in [7, 11) is -1.48. The molecule has 0 aliphatic carbocycles. The Labute approximate surface area is 111 Å². The standard InChI is InChI=1S/C11H15NO4S2/c1-3-5-10-11(6-4-2)17(14)9(8-13)7-12(10)18(15)16/h3-6,9,13H,1-2,7-8H2,(H,15,16)/p-1/b10-5?,11-6+/t9-,17?/m1/s1. The van der Waals surface area contributed by atoms with E-state index in [9.17, 15) is 13.0 Å². The third-order valence-corrected chi connectivity index (χ3v) is 4.73. The van der Waals surface area contributed by atoms with Crippen molar-refractivity contribution in [2.45, 2.75) is 5.25 Å². The van der Waals surface area contributed by atoms with Crippen LogP contribution in [0.3, 0.4) is 0 Å². The fraction of sp³-hybridized carbons (Fsp3) is 0.273. The largest absolute Gasteiger partial charge is 0.755 e. The molecule has 0 spiro atoms. The lowest BCUT2D eigenvalue weighted by molar-refractivity contribution is 0.278. The Hall–Kier alpha value is -1.02. The quantitative estimate of drug-likeness (QED) is 0.757. The minimum atomic E-state index is -2.50. The second-order valence-corrected chi connectivity index (χ2v) is 6.01. The molecular formula is C11H14NO4S2-. The first kappa shape index (κ1) is 15.0. The van der Waals surface area contributed by atoms with Crippen LogP contribution in [0.15, 0.2) is 48.1 Å². The molecule has 1 aliphatic rings. The van der Waals surface area contributed by atoms with Crippen molar-refractivity contribution in [3.8, 4) is 0 Å². The summed E-state index contributed by atoms with van der Waals surface area (Å²) >= 11 is -2.50. The Morgan fingerprint density at radius 2 is 2.11 bits per heavy atom. The Kier molecular flexibility index (Phi) is 5.67. The molecule has 100 valence electrons. The summed E-state index contributed by atoms with van der Waals surface area (Å²) in [5, 5.41) is 8.51. The molecule has 0 amide bonds. The number of nitrogens with zero attached hydrogens (tertiary/aromatic N) is 1. The Balaban J connectivity index is 3.31. The smallest absolute Gasteiger partial charge is 0.0811 e. The van der Waals surface area contributed by atoms with Crippen LogP contribution in [0.1, 0.15) is 0 Å². The topological polar surface area (TPSA) is 80.7 Å². The van der Waals surface area contributed by atoms with Gasteiger partial charge < -0.3 is 14.0 Å². The van der Waals surface area contributed by atoms with Gasteiger partial charge in [0.15, 0.2) is 0 Å². The molecule has 2 unspecified atom stereocenters. The molecule has 7 heteroatoms. The molecule has 0 bridgehead atoms. The van der Waals surface area contributed by atoms with Gasteiger partial charge in [0.2, 0.25) is 0 Å². The van der Waals surface area contributed by atoms with Crippen LogP contribution in [0.4, 0.5) is 0 Å². The predicted octanol–water partition coefficient (Wildman–Crippen LogP) is 0.346. The highest BCUT2D eigenvalue weighted by molar-refractivity contribution is 7.90. The molecule has 1 rings (SSSR count). The summed E-state index contributed by atoms with van der Waals surface area (Å²) < 4.78 is 35.5. The van der Waals surface area contributed by atoms with E-state index in [0.717, 1.165) is 4.31 Å². The minimum Gasteiger partial charge on any atom is -0.755 e. The van der Waals surface area contributed by atoms with Crippen LogP contribution < -0.4 is 0 Å². The van der Waals surface area contributed by atoms with E-state index in [1.165, 1.54) is 24.3 Å². The van der Waals surface area contributed by atoms with Gasteiger partial charge in [-0.05, 0) is 12.2 Å². The number of hydrogen-bond donors (Lipinski definition) is 1. The van der Waals surface area contributed by atoms with Crippen LogP contribution in [0.25, 0.3) is 0 Å². The molecule has 18 heavy (non-hydrogen) atoms. The Bertz CT molecular complexity index is 456. The van der Waals surface area contributed by atoms with E-state index in [0.29, 0.717) is 10.6 Å². The highest BCUT2D eigenvalue weighted by atomic mass is 32.2. The van der Waals surface area contributed by atoms with Crippen LogP contribution in [0.2, 0.25) is 0 Å². The summed E-state index contributed by atoms with van der Waals surface area (Å²) in [5.74, 6) is 0. The molecule has 1 heterocycles. The van der Waals surface area contributed by atoms with E-state index in [1.807, 2.05) is 0 Å². The van der Waals surface area contributed by atoms with Crippen molar-refractivity contribution >= 4 is 22.1 Å². The van der Waals surface area contributed by atoms with Crippen molar-refractivity contribution in [2.75, 3.05) is 13.2 Å². The maximum Gasteiger partial charge on any atom is 0.0811 e. The zero-order chi connectivity index (χ0) is 13.7. The Morgan fingerprint density at radius 1 is 1.50 bits per heavy atom. The van der Waals surface area contributed by atoms with Crippen molar-refractivity contribution in [2.24, 2.45) is 0 Å². The van der Waals surface area contributed by atoms with E-state index in [1.54, 1.807) is 0 Å². The maximum atomic E-state index is 12.1. The van der Waals surface area contributed by atoms with Crippen LogP contribution in [-0.4, -0.2) is 40.8 Å². The van der Waals surface area contributed by atoms with E-state index < -0.39 is 27.3 Å². The monoisotopic (exact) mass is 288 g/mol. The number of hydrogen-bond acceptors (Lipinski definition) is 4. The molecule has 0 aromatic carbocycles. The fourth-order valence-corrected chi connectivity index (χ4v) is 3.73. The third-order valence-electron chi connectivity index (χ3n) is 2.34. The van der Waals surface area contributed by atoms with Crippen molar-refractivity contribution in [1.29, 1.82) is 0 Å². The molecule has 1 fully saturated rings. The van der Waals surface area contributed by atoms with Crippen LogP contribution in [0.5, 0.6) is 0 Å². The van der Waals surface area contributed by atoms with Crippen molar-refractivity contribution in [3.63, 3.8) is 0 Å². The van der Waals surface area contributed by atoms with Gasteiger partial charge in [-0.2, -0.15) is 0 Å². The van der Waals surface area contributed by atoms with Crippen LogP contribution in [0, 0.1) is 0 Å². The zero-order valence-corrected chi connectivity index (χ0v) is 11.3. The summed E-state index contributed by atoms with van der Waals surface area (Å²) in [6, 6.07) is 0. The number of allylic oxidation sites excluding steroid dienone is 4. The summed E-state index contributed by atoms with van der Waals surface area (Å²) in [6.45, 7) is 6.64. The number of rotatable bonds is 4. The van der Waals surface area contributed by atoms with Crippen molar-refractivity contribution in [1.82, 2.24) is 4.31 Å². The molecule has 0 radical (unpaired) electrons. The van der Waals surface area contributed by atoms with E-state index >= 15 is 0 Å². The van der Waals surface area contributed by atoms with Gasteiger partial charge in [0.1, 0.15) is 0 Å². The fourth-order valence-electron chi connectivity index (χ4n) is 1.56. The summed E-state index contributed by atoms with van der Waals surface area (Å²) in [6.07, 6.45) is 5.79. The molecule has 1 N–H and O–H groups in total. The van der Waals surface area contributed by atoms with Gasteiger partial charge >= 0.3 is 0 Å². The van der Waals surface area contributed by atoms with E-state index in [-0.39, 0.29) is 13.2 Å². The van der Waals surface area contributed by atoms with Crippen molar-refractivity contribution < 1.29 is 18.1 Å². The lowest BCUT2D eigenvalue weighted by atomic mass is 10.3. The van der Waals surface area contributed by atoms with Gasteiger partial charge in [-0.15, -0.1) is 0 Å². The molecule has 0 aromatic rings. The maximum absolute atomic E-state index is 12.1. The molecule has 5 nitrogen and oxygen atoms in total. The van der Waals surface area contributed by atoms with E-state index in [2.05, 4.69) is 13.2 Å². The van der Waals surface area contributed by atoms with Gasteiger partial charge in [-0.3, -0.25) is 8.42 Å². The zero-order valence-electron chi connectivity index (χ0n) is 9.65. The van der Waals surface area contributed by atoms with Gasteiger partial charge in [-0.25, -0.2) is 0 Å². The number of aliphatic hydroxyl groups excluding tert-OH is 1. The molecule has 0 saturated carbocycles. The first-order chi connectivity index (χ1) is 8.56. The molecule has 1 aliphatic heterocycles.